The van der Waals surface area contributed by atoms with E-state index in [1.165, 1.54) is 21.3 Å². The van der Waals surface area contributed by atoms with Crippen LogP contribution in [0.15, 0.2) is 47.6 Å². The lowest BCUT2D eigenvalue weighted by Gasteiger charge is -2.21. The third kappa shape index (κ3) is 4.04. The number of rotatable bonds is 6. The van der Waals surface area contributed by atoms with Crippen LogP contribution < -0.4 is 5.73 Å². The summed E-state index contributed by atoms with van der Waals surface area (Å²) in [4.78, 5) is 0. The second kappa shape index (κ2) is 7.56. The zero-order valence-electron chi connectivity index (χ0n) is 11.7. The molecule has 8 heteroatoms. The van der Waals surface area contributed by atoms with Crippen molar-refractivity contribution in [2.24, 2.45) is 12.8 Å². The topological polar surface area (TPSA) is 81.2 Å². The summed E-state index contributed by atoms with van der Waals surface area (Å²) in [7, 11) is -1.99. The first-order valence-corrected chi connectivity index (χ1v) is 7.72. The van der Waals surface area contributed by atoms with Crippen molar-refractivity contribution in [1.29, 1.82) is 0 Å². The first kappa shape index (κ1) is 17.6. The number of aryl methyl sites for hydroxylation is 1. The van der Waals surface area contributed by atoms with Crippen molar-refractivity contribution in [2.45, 2.75) is 11.6 Å². The molecule has 2 aromatic rings. The fourth-order valence-electron chi connectivity index (χ4n) is 1.96. The predicted octanol–water partition coefficient (Wildman–Crippen LogP) is 0.991. The van der Waals surface area contributed by atoms with E-state index in [-0.39, 0.29) is 30.5 Å². The summed E-state index contributed by atoms with van der Waals surface area (Å²) in [6, 6.07) is 10.9. The van der Waals surface area contributed by atoms with Crippen LogP contribution in [0.2, 0.25) is 0 Å². The molecular weight excluding hydrogens is 312 g/mol. The van der Waals surface area contributed by atoms with Gasteiger partial charge >= 0.3 is 0 Å². The molecule has 2 N–H and O–H groups in total. The molecule has 0 atom stereocenters. The lowest BCUT2D eigenvalue weighted by molar-refractivity contribution is 0.408. The van der Waals surface area contributed by atoms with Gasteiger partial charge in [-0.05, 0) is 11.6 Å². The molecule has 0 radical (unpaired) electrons. The standard InChI is InChI=1S/C13H18N4O2S.ClH/c1-16-13(7-9-15-16)20(18,19)17(10-8-14)11-12-5-3-2-4-6-12;/h2-7,9H,8,10-11,14H2,1H3;1H. The molecule has 1 aromatic heterocycles. The van der Waals surface area contributed by atoms with Gasteiger partial charge in [-0.2, -0.15) is 9.40 Å². The Labute approximate surface area is 131 Å². The van der Waals surface area contributed by atoms with Crippen molar-refractivity contribution < 1.29 is 8.42 Å². The van der Waals surface area contributed by atoms with Gasteiger partial charge in [0.15, 0.2) is 5.03 Å². The molecule has 6 nitrogen and oxygen atoms in total. The Morgan fingerprint density at radius 1 is 1.24 bits per heavy atom. The average molecular weight is 331 g/mol. The Bertz CT molecular complexity index is 658. The van der Waals surface area contributed by atoms with Gasteiger partial charge in [0.2, 0.25) is 0 Å². The molecule has 21 heavy (non-hydrogen) atoms. The Kier molecular flexibility index (Phi) is 6.35. The highest BCUT2D eigenvalue weighted by Gasteiger charge is 2.26. The van der Waals surface area contributed by atoms with Crippen LogP contribution in [-0.2, 0) is 23.6 Å². The first-order valence-electron chi connectivity index (χ1n) is 6.28. The minimum Gasteiger partial charge on any atom is -0.329 e. The summed E-state index contributed by atoms with van der Waals surface area (Å²) in [6.45, 7) is 0.831. The van der Waals surface area contributed by atoms with Crippen LogP contribution in [0.3, 0.4) is 0 Å². The monoisotopic (exact) mass is 330 g/mol. The SMILES string of the molecule is Cl.Cn1nccc1S(=O)(=O)N(CCN)Cc1ccccc1. The molecule has 0 aliphatic carbocycles. The van der Waals surface area contributed by atoms with Gasteiger partial charge in [-0.15, -0.1) is 12.4 Å². The van der Waals surface area contributed by atoms with Crippen LogP contribution in [0.25, 0.3) is 0 Å². The summed E-state index contributed by atoms with van der Waals surface area (Å²) in [5, 5.41) is 4.08. The third-order valence-electron chi connectivity index (χ3n) is 2.96. The maximum Gasteiger partial charge on any atom is 0.260 e. The number of nitrogens with zero attached hydrogens (tertiary/aromatic N) is 3. The van der Waals surface area contributed by atoms with Gasteiger partial charge in [-0.25, -0.2) is 8.42 Å². The molecule has 0 saturated carbocycles. The minimum absolute atomic E-state index is 0. The zero-order chi connectivity index (χ0) is 14.6. The fraction of sp³-hybridized carbons (Fsp3) is 0.308. The number of hydrogen-bond donors (Lipinski definition) is 1. The van der Waals surface area contributed by atoms with E-state index in [4.69, 9.17) is 5.73 Å². The summed E-state index contributed by atoms with van der Waals surface area (Å²) in [5.41, 5.74) is 6.47. The van der Waals surface area contributed by atoms with E-state index in [0.717, 1.165) is 5.56 Å². The highest BCUT2D eigenvalue weighted by atomic mass is 35.5. The molecule has 0 unspecified atom stereocenters. The molecule has 0 amide bonds. The normalized spacial score (nSPS) is 11.4. The largest absolute Gasteiger partial charge is 0.329 e. The molecule has 2 rings (SSSR count). The predicted molar refractivity (Wildman–Crippen MR) is 83.5 cm³/mol. The first-order chi connectivity index (χ1) is 9.55. The lowest BCUT2D eigenvalue weighted by atomic mass is 10.2. The van der Waals surface area contributed by atoms with Gasteiger partial charge in [0.05, 0.1) is 6.20 Å². The van der Waals surface area contributed by atoms with Gasteiger partial charge in [0.1, 0.15) is 0 Å². The number of aromatic nitrogens is 2. The van der Waals surface area contributed by atoms with Crippen molar-refractivity contribution >= 4 is 22.4 Å². The molecular formula is C13H19ClN4O2S. The van der Waals surface area contributed by atoms with Crippen molar-refractivity contribution in [1.82, 2.24) is 14.1 Å². The molecule has 116 valence electrons. The summed E-state index contributed by atoms with van der Waals surface area (Å²) >= 11 is 0. The van der Waals surface area contributed by atoms with E-state index in [1.54, 1.807) is 7.05 Å². The molecule has 0 bridgehead atoms. The van der Waals surface area contributed by atoms with E-state index in [9.17, 15) is 8.42 Å². The molecule has 1 heterocycles. The molecule has 0 aliphatic rings. The van der Waals surface area contributed by atoms with Gasteiger partial charge in [-0.1, -0.05) is 30.3 Å². The van der Waals surface area contributed by atoms with E-state index in [1.807, 2.05) is 30.3 Å². The third-order valence-corrected chi connectivity index (χ3v) is 4.88. The van der Waals surface area contributed by atoms with Crippen molar-refractivity contribution in [3.8, 4) is 0 Å². The number of benzene rings is 1. The van der Waals surface area contributed by atoms with Gasteiger partial charge in [0.25, 0.3) is 10.0 Å². The van der Waals surface area contributed by atoms with Gasteiger partial charge in [0, 0.05) is 26.7 Å². The Balaban J connectivity index is 0.00000220. The number of nitrogens with two attached hydrogens (primary N) is 1. The number of halogens is 1. The minimum atomic E-state index is -3.59. The number of hydrogen-bond acceptors (Lipinski definition) is 4. The van der Waals surface area contributed by atoms with Crippen LogP contribution >= 0.6 is 12.4 Å². The Hall–Kier alpha value is -1.41. The molecule has 1 aromatic carbocycles. The second-order valence-corrected chi connectivity index (χ2v) is 6.29. The zero-order valence-corrected chi connectivity index (χ0v) is 13.3. The van der Waals surface area contributed by atoms with E-state index in [2.05, 4.69) is 5.10 Å². The molecule has 0 aliphatic heterocycles. The number of sulfonamides is 1. The summed E-state index contributed by atoms with van der Waals surface area (Å²) in [6.07, 6.45) is 1.47. The fourth-order valence-corrected chi connectivity index (χ4v) is 3.51. The maximum atomic E-state index is 12.6. The summed E-state index contributed by atoms with van der Waals surface area (Å²) < 4.78 is 28.0. The van der Waals surface area contributed by atoms with E-state index >= 15 is 0 Å². The smallest absolute Gasteiger partial charge is 0.260 e. The second-order valence-electron chi connectivity index (χ2n) is 4.41. The highest BCUT2D eigenvalue weighted by Crippen LogP contribution is 2.17. The Morgan fingerprint density at radius 2 is 1.90 bits per heavy atom. The van der Waals surface area contributed by atoms with Crippen molar-refractivity contribution in [3.63, 3.8) is 0 Å². The Morgan fingerprint density at radius 3 is 2.43 bits per heavy atom. The molecule has 0 spiro atoms. The lowest BCUT2D eigenvalue weighted by Crippen LogP contribution is -2.35. The van der Waals surface area contributed by atoms with Crippen LogP contribution in [0.1, 0.15) is 5.56 Å². The highest BCUT2D eigenvalue weighted by molar-refractivity contribution is 7.89. The maximum absolute atomic E-state index is 12.6. The van der Waals surface area contributed by atoms with Crippen LogP contribution in [0.4, 0.5) is 0 Å². The quantitative estimate of drug-likeness (QED) is 0.856. The summed E-state index contributed by atoms with van der Waals surface area (Å²) in [5.74, 6) is 0. The van der Waals surface area contributed by atoms with E-state index in [0.29, 0.717) is 6.54 Å². The van der Waals surface area contributed by atoms with Gasteiger partial charge < -0.3 is 5.73 Å². The van der Waals surface area contributed by atoms with Crippen LogP contribution in [0.5, 0.6) is 0 Å². The van der Waals surface area contributed by atoms with E-state index < -0.39 is 10.0 Å². The van der Waals surface area contributed by atoms with Crippen molar-refractivity contribution in [2.75, 3.05) is 13.1 Å². The van der Waals surface area contributed by atoms with Crippen LogP contribution in [-0.4, -0.2) is 35.6 Å². The molecule has 0 fully saturated rings. The average Bonchev–Trinajstić information content (AvgIpc) is 2.86. The molecule has 0 saturated heterocycles. The van der Waals surface area contributed by atoms with Gasteiger partial charge in [-0.3, -0.25) is 4.68 Å². The van der Waals surface area contributed by atoms with Crippen LogP contribution in [0, 0.1) is 0 Å². The van der Waals surface area contributed by atoms with Crippen molar-refractivity contribution in [3.05, 3.63) is 48.2 Å².